The first-order chi connectivity index (χ1) is 14.9. The smallest absolute Gasteiger partial charge is 0.338 e. The molecule has 3 aromatic rings. The Balaban J connectivity index is 1.89. The number of amides is 1. The van der Waals surface area contributed by atoms with E-state index in [1.54, 1.807) is 26.2 Å². The van der Waals surface area contributed by atoms with Crippen molar-refractivity contribution in [1.29, 1.82) is 0 Å². The fourth-order valence-corrected chi connectivity index (χ4v) is 3.85. The van der Waals surface area contributed by atoms with Crippen molar-refractivity contribution in [3.63, 3.8) is 0 Å². The molecule has 0 radical (unpaired) electrons. The molecule has 1 N–H and O–H groups in total. The highest BCUT2D eigenvalue weighted by Gasteiger charge is 2.29. The van der Waals surface area contributed by atoms with Crippen LogP contribution in [-0.2, 0) is 22.6 Å². The zero-order valence-electron chi connectivity index (χ0n) is 18.8. The summed E-state index contributed by atoms with van der Waals surface area (Å²) in [6, 6.07) is 12.6. The Hall–Kier alpha value is -3.35. The van der Waals surface area contributed by atoms with E-state index < -0.39 is 6.04 Å². The number of nitrogens with one attached hydrogen (secondary N) is 1. The summed E-state index contributed by atoms with van der Waals surface area (Å²) in [7, 11) is 1.62. The molecule has 3 rings (SSSR count). The number of ether oxygens (including phenoxy) is 2. The molecule has 7 nitrogen and oxygen atoms in total. The summed E-state index contributed by atoms with van der Waals surface area (Å²) in [4.78, 5) is 25.2. The van der Waals surface area contributed by atoms with Crippen LogP contribution in [0.25, 0.3) is 11.0 Å². The third-order valence-corrected chi connectivity index (χ3v) is 5.48. The van der Waals surface area contributed by atoms with Crippen LogP contribution in [0, 0.1) is 6.92 Å². The Morgan fingerprint density at radius 2 is 1.84 bits per heavy atom. The number of hydrogen-bond acceptors (Lipinski definition) is 4. The van der Waals surface area contributed by atoms with E-state index >= 15 is 0 Å². The number of fused-ring (bicyclic) bond motifs is 1. The molecule has 0 aliphatic heterocycles. The van der Waals surface area contributed by atoms with E-state index in [-0.39, 0.29) is 11.9 Å². The Kier molecular flexibility index (Phi) is 6.95. The second-order valence-corrected chi connectivity index (χ2v) is 7.33. The summed E-state index contributed by atoms with van der Waals surface area (Å²) >= 11 is 0. The summed E-state index contributed by atoms with van der Waals surface area (Å²) in [6.07, 6.45) is 0. The van der Waals surface area contributed by atoms with Crippen LogP contribution < -0.4 is 14.6 Å². The van der Waals surface area contributed by atoms with Gasteiger partial charge in [-0.3, -0.25) is 4.79 Å². The molecule has 0 unspecified atom stereocenters. The monoisotopic (exact) mass is 424 g/mol. The number of esters is 1. The van der Waals surface area contributed by atoms with Crippen LogP contribution in [0.4, 0.5) is 0 Å². The van der Waals surface area contributed by atoms with E-state index in [1.807, 2.05) is 48.7 Å². The largest absolute Gasteiger partial charge is 0.497 e. The molecule has 0 spiro atoms. The molecule has 0 saturated heterocycles. The number of hydrogen-bond donors (Lipinski definition) is 1. The van der Waals surface area contributed by atoms with Gasteiger partial charge in [-0.05, 0) is 50.6 Å². The van der Waals surface area contributed by atoms with Crippen molar-refractivity contribution in [3.05, 3.63) is 59.4 Å². The first kappa shape index (κ1) is 22.3. The summed E-state index contributed by atoms with van der Waals surface area (Å²) in [5, 5.41) is 3.01. The fraction of sp³-hybridized carbons (Fsp3) is 0.375. The number of benzene rings is 2. The minimum atomic E-state index is -0.453. The number of methoxy groups -OCH3 is 1. The van der Waals surface area contributed by atoms with Gasteiger partial charge in [0.25, 0.3) is 11.7 Å². The number of aryl methyl sites for hydroxylation is 1. The predicted molar refractivity (Wildman–Crippen MR) is 118 cm³/mol. The molecule has 31 heavy (non-hydrogen) atoms. The van der Waals surface area contributed by atoms with Gasteiger partial charge >= 0.3 is 5.97 Å². The van der Waals surface area contributed by atoms with E-state index in [2.05, 4.69) is 16.8 Å². The molecule has 1 heterocycles. The van der Waals surface area contributed by atoms with Gasteiger partial charge in [0, 0.05) is 19.5 Å². The Morgan fingerprint density at radius 3 is 2.45 bits per heavy atom. The standard InChI is InChI=1S/C24H29N3O4/c1-6-26-17(4)27(22-14-19(10-13-21(22)26)24(29)31-7-2)16(3)23(28)25-15-18-8-11-20(30-5)12-9-18/h8-14,16H,6-7,15H2,1-5H3/p+1/t16-/m1/s1. The van der Waals surface area contributed by atoms with Crippen molar-refractivity contribution in [2.75, 3.05) is 13.7 Å². The average Bonchev–Trinajstić information content (AvgIpc) is 3.07. The van der Waals surface area contributed by atoms with Crippen LogP contribution in [0.3, 0.4) is 0 Å². The van der Waals surface area contributed by atoms with Crippen LogP contribution in [-0.4, -0.2) is 30.2 Å². The lowest BCUT2D eigenvalue weighted by Crippen LogP contribution is -2.37. The maximum Gasteiger partial charge on any atom is 0.338 e. The normalized spacial score (nSPS) is 11.9. The second-order valence-electron chi connectivity index (χ2n) is 7.33. The number of nitrogens with zero attached hydrogens (tertiary/aromatic N) is 2. The Bertz CT molecular complexity index is 1090. The van der Waals surface area contributed by atoms with Crippen molar-refractivity contribution in [2.24, 2.45) is 0 Å². The quantitative estimate of drug-likeness (QED) is 0.445. The van der Waals surface area contributed by atoms with Crippen molar-refractivity contribution >= 4 is 22.9 Å². The van der Waals surface area contributed by atoms with Gasteiger partial charge in [-0.25, -0.2) is 13.9 Å². The SMILES string of the molecule is CCOC(=O)c1ccc2c(c1)n([C@H](C)C(=O)NCc1ccc(OC)cc1)c(C)[n+]2CC. The van der Waals surface area contributed by atoms with E-state index in [0.717, 1.165) is 34.7 Å². The lowest BCUT2D eigenvalue weighted by Gasteiger charge is -2.12. The third kappa shape index (κ3) is 4.55. The van der Waals surface area contributed by atoms with E-state index in [0.29, 0.717) is 18.7 Å². The summed E-state index contributed by atoms with van der Waals surface area (Å²) < 4.78 is 14.4. The van der Waals surface area contributed by atoms with Crippen molar-refractivity contribution < 1.29 is 23.6 Å². The summed E-state index contributed by atoms with van der Waals surface area (Å²) in [5.41, 5.74) is 3.27. The van der Waals surface area contributed by atoms with E-state index in [4.69, 9.17) is 9.47 Å². The minimum absolute atomic E-state index is 0.0967. The second kappa shape index (κ2) is 9.64. The van der Waals surface area contributed by atoms with Crippen LogP contribution in [0.5, 0.6) is 5.75 Å². The van der Waals surface area contributed by atoms with Gasteiger partial charge in [0.2, 0.25) is 0 Å². The van der Waals surface area contributed by atoms with Gasteiger partial charge in [-0.1, -0.05) is 12.1 Å². The summed E-state index contributed by atoms with van der Waals surface area (Å²) in [6.45, 7) is 9.19. The van der Waals surface area contributed by atoms with Crippen molar-refractivity contribution in [3.8, 4) is 5.75 Å². The fourth-order valence-electron chi connectivity index (χ4n) is 3.85. The number of aromatic nitrogens is 2. The highest BCUT2D eigenvalue weighted by Crippen LogP contribution is 2.22. The molecule has 164 valence electrons. The maximum absolute atomic E-state index is 13.0. The van der Waals surface area contributed by atoms with Gasteiger partial charge in [-0.2, -0.15) is 0 Å². The Labute approximate surface area is 182 Å². The minimum Gasteiger partial charge on any atom is -0.497 e. The zero-order chi connectivity index (χ0) is 22.5. The first-order valence-corrected chi connectivity index (χ1v) is 10.5. The highest BCUT2D eigenvalue weighted by molar-refractivity contribution is 5.93. The molecule has 0 aliphatic carbocycles. The molecule has 0 bridgehead atoms. The van der Waals surface area contributed by atoms with Crippen molar-refractivity contribution in [1.82, 2.24) is 9.88 Å². The molecule has 0 aliphatic rings. The maximum atomic E-state index is 13.0. The third-order valence-electron chi connectivity index (χ3n) is 5.48. The molecule has 1 atom stereocenters. The zero-order valence-corrected chi connectivity index (χ0v) is 18.8. The first-order valence-electron chi connectivity index (χ1n) is 10.5. The van der Waals surface area contributed by atoms with Gasteiger partial charge in [-0.15, -0.1) is 0 Å². The highest BCUT2D eigenvalue weighted by atomic mass is 16.5. The van der Waals surface area contributed by atoms with Gasteiger partial charge in [0.05, 0.1) is 25.8 Å². The van der Waals surface area contributed by atoms with Crippen LogP contribution in [0.2, 0.25) is 0 Å². The molecule has 7 heteroatoms. The number of rotatable bonds is 8. The van der Waals surface area contributed by atoms with Crippen LogP contribution in [0.15, 0.2) is 42.5 Å². The van der Waals surface area contributed by atoms with Gasteiger partial charge in [0.15, 0.2) is 17.1 Å². The van der Waals surface area contributed by atoms with Gasteiger partial charge in [0.1, 0.15) is 5.75 Å². The molecule has 1 aromatic heterocycles. The summed E-state index contributed by atoms with van der Waals surface area (Å²) in [5.74, 6) is 1.26. The average molecular weight is 425 g/mol. The van der Waals surface area contributed by atoms with Crippen LogP contribution in [0.1, 0.15) is 48.6 Å². The molecule has 0 saturated carbocycles. The lowest BCUT2D eigenvalue weighted by molar-refractivity contribution is -0.675. The molecular weight excluding hydrogens is 394 g/mol. The van der Waals surface area contributed by atoms with Gasteiger partial charge < -0.3 is 14.8 Å². The lowest BCUT2D eigenvalue weighted by atomic mass is 10.2. The molecule has 0 fully saturated rings. The van der Waals surface area contributed by atoms with E-state index in [1.165, 1.54) is 0 Å². The topological polar surface area (TPSA) is 73.4 Å². The number of carbonyl (C=O) groups excluding carboxylic acids is 2. The number of imidazole rings is 1. The number of carbonyl (C=O) groups is 2. The van der Waals surface area contributed by atoms with Crippen molar-refractivity contribution in [2.45, 2.75) is 46.8 Å². The molecular formula is C24H30N3O4+. The molecule has 1 amide bonds. The molecule has 2 aromatic carbocycles. The Morgan fingerprint density at radius 1 is 1.13 bits per heavy atom. The van der Waals surface area contributed by atoms with E-state index in [9.17, 15) is 9.59 Å². The predicted octanol–water partition coefficient (Wildman–Crippen LogP) is 3.32. The van der Waals surface area contributed by atoms with Crippen LogP contribution >= 0.6 is 0 Å².